The minimum Gasteiger partial charge on any atom is -0.396 e. The molecule has 0 saturated carbocycles. The van der Waals surface area contributed by atoms with Gasteiger partial charge in [-0.25, -0.2) is 12.8 Å². The van der Waals surface area contributed by atoms with E-state index in [0.717, 1.165) is 12.1 Å². The molecule has 0 fully saturated rings. The number of rotatable bonds is 3. The van der Waals surface area contributed by atoms with Gasteiger partial charge in [0.1, 0.15) is 4.90 Å². The number of hydrogen-bond donors (Lipinski definition) is 2. The molecule has 0 aromatic heterocycles. The maximum absolute atomic E-state index is 13.9. The largest absolute Gasteiger partial charge is 0.396 e. The second kappa shape index (κ2) is 5.60. The van der Waals surface area contributed by atoms with Gasteiger partial charge in [-0.3, -0.25) is 4.72 Å². The molecule has 0 saturated heterocycles. The molecule has 0 spiro atoms. The highest BCUT2D eigenvalue weighted by atomic mass is 35.5. The number of nitrogens with two attached hydrogens (primary N) is 1. The number of benzene rings is 2. The van der Waals surface area contributed by atoms with E-state index in [4.69, 9.17) is 22.6 Å². The Hall–Kier alpha value is -2.30. The van der Waals surface area contributed by atoms with Crippen LogP contribution in [0.3, 0.4) is 0 Å². The van der Waals surface area contributed by atoms with Crippen molar-refractivity contribution in [3.05, 3.63) is 52.8 Å². The van der Waals surface area contributed by atoms with Crippen molar-refractivity contribution >= 4 is 33.0 Å². The normalized spacial score (nSPS) is 10.9. The van der Waals surface area contributed by atoms with E-state index < -0.39 is 20.7 Å². The van der Waals surface area contributed by atoms with E-state index in [1.165, 1.54) is 24.3 Å². The minimum atomic E-state index is -4.21. The number of hydrogen-bond acceptors (Lipinski definition) is 4. The van der Waals surface area contributed by atoms with Crippen LogP contribution in [0.25, 0.3) is 0 Å². The Morgan fingerprint density at radius 2 is 2.00 bits per heavy atom. The van der Waals surface area contributed by atoms with Crippen molar-refractivity contribution < 1.29 is 12.8 Å². The molecule has 8 heteroatoms. The summed E-state index contributed by atoms with van der Waals surface area (Å²) >= 11 is 5.70. The number of halogens is 2. The molecule has 0 radical (unpaired) electrons. The van der Waals surface area contributed by atoms with E-state index in [0.29, 0.717) is 0 Å². The lowest BCUT2D eigenvalue weighted by atomic mass is 10.2. The van der Waals surface area contributed by atoms with Gasteiger partial charge >= 0.3 is 0 Å². The summed E-state index contributed by atoms with van der Waals surface area (Å²) < 4.78 is 40.4. The van der Waals surface area contributed by atoms with Gasteiger partial charge in [0, 0.05) is 5.02 Å². The van der Waals surface area contributed by atoms with Gasteiger partial charge in [-0.1, -0.05) is 17.7 Å². The summed E-state index contributed by atoms with van der Waals surface area (Å²) in [4.78, 5) is -0.658. The molecule has 0 aliphatic heterocycles. The summed E-state index contributed by atoms with van der Waals surface area (Å²) in [5.74, 6) is -1.08. The fourth-order valence-corrected chi connectivity index (χ4v) is 3.12. The van der Waals surface area contributed by atoms with Crippen molar-refractivity contribution in [3.8, 4) is 6.07 Å². The van der Waals surface area contributed by atoms with Crippen LogP contribution in [0, 0.1) is 17.1 Å². The van der Waals surface area contributed by atoms with Crippen LogP contribution in [0.2, 0.25) is 5.02 Å². The first-order valence-corrected chi connectivity index (χ1v) is 7.47. The Balaban J connectivity index is 2.46. The van der Waals surface area contributed by atoms with Gasteiger partial charge < -0.3 is 5.73 Å². The first kappa shape index (κ1) is 15.1. The van der Waals surface area contributed by atoms with Gasteiger partial charge in [-0.15, -0.1) is 0 Å². The minimum absolute atomic E-state index is 0.0000468. The van der Waals surface area contributed by atoms with Crippen LogP contribution in [0.15, 0.2) is 41.3 Å². The molecule has 0 heterocycles. The van der Waals surface area contributed by atoms with Crippen molar-refractivity contribution in [2.45, 2.75) is 4.90 Å². The summed E-state index contributed by atoms with van der Waals surface area (Å²) in [6.45, 7) is 0. The first-order chi connectivity index (χ1) is 9.83. The van der Waals surface area contributed by atoms with Gasteiger partial charge in [0.2, 0.25) is 0 Å². The fourth-order valence-electron chi connectivity index (χ4n) is 1.64. The summed E-state index contributed by atoms with van der Waals surface area (Å²) in [6.07, 6.45) is 0. The SMILES string of the molecule is N#Cc1cccc(NS(=O)(=O)c2cc(Cl)cc(N)c2F)c1. The molecule has 108 valence electrons. The number of anilines is 2. The Morgan fingerprint density at radius 3 is 2.67 bits per heavy atom. The molecule has 2 rings (SSSR count). The highest BCUT2D eigenvalue weighted by molar-refractivity contribution is 7.92. The van der Waals surface area contributed by atoms with E-state index in [1.54, 1.807) is 0 Å². The third-order valence-electron chi connectivity index (χ3n) is 2.57. The molecule has 0 atom stereocenters. The maximum Gasteiger partial charge on any atom is 0.264 e. The zero-order valence-electron chi connectivity index (χ0n) is 10.5. The second-order valence-corrected chi connectivity index (χ2v) is 6.19. The first-order valence-electron chi connectivity index (χ1n) is 5.61. The molecule has 21 heavy (non-hydrogen) atoms. The number of nitrogens with zero attached hydrogens (tertiary/aromatic N) is 1. The van der Waals surface area contributed by atoms with E-state index in [2.05, 4.69) is 4.72 Å². The quantitative estimate of drug-likeness (QED) is 0.848. The summed E-state index contributed by atoms with van der Waals surface area (Å²) in [5, 5.41) is 8.77. The van der Waals surface area contributed by atoms with E-state index in [1.807, 2.05) is 6.07 Å². The molecule has 0 aliphatic carbocycles. The predicted octanol–water partition coefficient (Wildman–Crippen LogP) is 2.73. The van der Waals surface area contributed by atoms with Crippen molar-refractivity contribution in [2.75, 3.05) is 10.5 Å². The molecular formula is C13H9ClFN3O2S. The third kappa shape index (κ3) is 3.24. The van der Waals surface area contributed by atoms with Crippen LogP contribution < -0.4 is 10.5 Å². The average molecular weight is 326 g/mol. The van der Waals surface area contributed by atoms with E-state index in [9.17, 15) is 12.8 Å². The Kier molecular flexibility index (Phi) is 4.02. The molecular weight excluding hydrogens is 317 g/mol. The van der Waals surface area contributed by atoms with Gasteiger partial charge in [-0.2, -0.15) is 5.26 Å². The van der Waals surface area contributed by atoms with E-state index >= 15 is 0 Å². The lowest BCUT2D eigenvalue weighted by molar-refractivity contribution is 0.573. The molecule has 0 aliphatic rings. The van der Waals surface area contributed by atoms with Crippen molar-refractivity contribution in [2.24, 2.45) is 0 Å². The molecule has 0 unspecified atom stereocenters. The topological polar surface area (TPSA) is 96.0 Å². The van der Waals surface area contributed by atoms with Crippen LogP contribution in [-0.4, -0.2) is 8.42 Å². The van der Waals surface area contributed by atoms with Crippen LogP contribution in [0.4, 0.5) is 15.8 Å². The molecule has 2 aromatic carbocycles. The van der Waals surface area contributed by atoms with Crippen LogP contribution >= 0.6 is 11.6 Å². The monoisotopic (exact) mass is 325 g/mol. The summed E-state index contributed by atoms with van der Waals surface area (Å²) in [5.41, 5.74) is 5.39. The lowest BCUT2D eigenvalue weighted by Gasteiger charge is -2.10. The van der Waals surface area contributed by atoms with Crippen LogP contribution in [-0.2, 0) is 10.0 Å². The zero-order chi connectivity index (χ0) is 15.6. The van der Waals surface area contributed by atoms with Gasteiger partial charge in [-0.05, 0) is 30.3 Å². The summed E-state index contributed by atoms with van der Waals surface area (Å²) in [6, 6.07) is 9.72. The van der Waals surface area contributed by atoms with Crippen LogP contribution in [0.1, 0.15) is 5.56 Å². The molecule has 0 amide bonds. The predicted molar refractivity (Wildman–Crippen MR) is 77.8 cm³/mol. The lowest BCUT2D eigenvalue weighted by Crippen LogP contribution is -2.15. The zero-order valence-corrected chi connectivity index (χ0v) is 12.0. The average Bonchev–Trinajstić information content (AvgIpc) is 2.42. The molecule has 2 aromatic rings. The Bertz CT molecular complexity index is 847. The van der Waals surface area contributed by atoms with Crippen LogP contribution in [0.5, 0.6) is 0 Å². The van der Waals surface area contributed by atoms with Gasteiger partial charge in [0.25, 0.3) is 10.0 Å². The van der Waals surface area contributed by atoms with E-state index in [-0.39, 0.29) is 22.0 Å². The highest BCUT2D eigenvalue weighted by Crippen LogP contribution is 2.27. The molecule has 5 nitrogen and oxygen atoms in total. The molecule has 0 bridgehead atoms. The Morgan fingerprint density at radius 1 is 1.29 bits per heavy atom. The number of nitrogens with one attached hydrogen (secondary N) is 1. The Labute approximate surface area is 125 Å². The number of nitriles is 1. The van der Waals surface area contributed by atoms with Crippen molar-refractivity contribution in [3.63, 3.8) is 0 Å². The van der Waals surface area contributed by atoms with Crippen molar-refractivity contribution in [1.29, 1.82) is 5.26 Å². The number of nitrogen functional groups attached to an aromatic ring is 1. The smallest absolute Gasteiger partial charge is 0.264 e. The fraction of sp³-hybridized carbons (Fsp3) is 0. The third-order valence-corrected chi connectivity index (χ3v) is 4.16. The van der Waals surface area contributed by atoms with Crippen molar-refractivity contribution in [1.82, 2.24) is 0 Å². The number of sulfonamides is 1. The molecule has 3 N–H and O–H groups in total. The van der Waals surface area contributed by atoms with Gasteiger partial charge in [0.15, 0.2) is 5.82 Å². The highest BCUT2D eigenvalue weighted by Gasteiger charge is 2.22. The second-order valence-electron chi connectivity index (χ2n) is 4.11. The maximum atomic E-state index is 13.9. The van der Waals surface area contributed by atoms with Gasteiger partial charge in [0.05, 0.1) is 23.0 Å². The standard InChI is InChI=1S/C13H9ClFN3O2S/c14-9-5-11(17)13(15)12(6-9)21(19,20)18-10-3-1-2-8(4-10)7-16/h1-6,18H,17H2. The summed E-state index contributed by atoms with van der Waals surface area (Å²) in [7, 11) is -4.21.